The molecule has 3 nitrogen and oxygen atoms in total. The quantitative estimate of drug-likeness (QED) is 0.401. The van der Waals surface area contributed by atoms with Crippen LogP contribution in [0, 0.1) is 0 Å². The van der Waals surface area contributed by atoms with Crippen LogP contribution in [0.15, 0.2) is 38.8 Å². The van der Waals surface area contributed by atoms with Gasteiger partial charge < -0.3 is 5.21 Å². The van der Waals surface area contributed by atoms with Crippen molar-refractivity contribution in [1.82, 2.24) is 0 Å². The van der Waals surface area contributed by atoms with Crippen molar-refractivity contribution in [3.63, 3.8) is 0 Å². The average molecular weight is 288 g/mol. The minimum Gasteiger partial charge on any atom is -0.411 e. The van der Waals surface area contributed by atoms with Crippen molar-refractivity contribution >= 4 is 39.2 Å². The van der Waals surface area contributed by atoms with E-state index in [1.54, 1.807) is 0 Å². The van der Waals surface area contributed by atoms with Gasteiger partial charge in [-0.3, -0.25) is 4.79 Å². The van der Waals surface area contributed by atoms with E-state index in [-0.39, 0.29) is 11.5 Å². The van der Waals surface area contributed by atoms with Gasteiger partial charge in [-0.25, -0.2) is 0 Å². The summed E-state index contributed by atoms with van der Waals surface area (Å²) in [6.07, 6.45) is 0. The van der Waals surface area contributed by atoms with Gasteiger partial charge in [0.25, 0.3) is 0 Å². The Morgan fingerprint density at radius 3 is 2.53 bits per heavy atom. The molecule has 1 rings (SSSR count). The lowest BCUT2D eigenvalue weighted by Crippen LogP contribution is -2.12. The monoisotopic (exact) mass is 287 g/mol. The summed E-state index contributed by atoms with van der Waals surface area (Å²) in [7, 11) is 0. The number of oxime groups is 1. The zero-order valence-corrected chi connectivity index (χ0v) is 10.5. The maximum atomic E-state index is 10.9. The van der Waals surface area contributed by atoms with Crippen LogP contribution in [0.2, 0.25) is 0 Å². The summed E-state index contributed by atoms with van der Waals surface area (Å²) in [5, 5.41) is 11.5. The van der Waals surface area contributed by atoms with Gasteiger partial charge in [0.2, 0.25) is 0 Å². The van der Waals surface area contributed by atoms with Gasteiger partial charge in [-0.1, -0.05) is 21.1 Å². The summed E-state index contributed by atoms with van der Waals surface area (Å²) in [5.41, 5.74) is 0.183. The summed E-state index contributed by atoms with van der Waals surface area (Å²) in [6.45, 7) is 1.39. The molecule has 0 saturated carbocycles. The molecule has 0 atom stereocenters. The van der Waals surface area contributed by atoms with Crippen molar-refractivity contribution in [3.05, 3.63) is 28.7 Å². The van der Waals surface area contributed by atoms with Crippen LogP contribution in [0.3, 0.4) is 0 Å². The Balaban J connectivity index is 2.57. The molecule has 0 aliphatic heterocycles. The first kappa shape index (κ1) is 12.3. The van der Waals surface area contributed by atoms with Gasteiger partial charge in [0, 0.05) is 22.0 Å². The van der Waals surface area contributed by atoms with Gasteiger partial charge in [0.1, 0.15) is 5.71 Å². The molecule has 0 fully saturated rings. The van der Waals surface area contributed by atoms with Crippen molar-refractivity contribution < 1.29 is 10.0 Å². The molecule has 0 aromatic heterocycles. The van der Waals surface area contributed by atoms with Crippen LogP contribution >= 0.6 is 27.7 Å². The maximum absolute atomic E-state index is 10.9. The minimum absolute atomic E-state index is 0.183. The molecule has 0 aliphatic carbocycles. The fraction of sp³-hybridized carbons (Fsp3) is 0.200. The molecule has 15 heavy (non-hydrogen) atoms. The Bertz CT molecular complexity index is 376. The second-order valence-electron chi connectivity index (χ2n) is 2.85. The minimum atomic E-state index is -0.206. The molecule has 5 heteroatoms. The van der Waals surface area contributed by atoms with Crippen molar-refractivity contribution in [2.45, 2.75) is 11.8 Å². The summed E-state index contributed by atoms with van der Waals surface area (Å²) in [5.74, 6) is 0.176. The van der Waals surface area contributed by atoms with Crippen molar-refractivity contribution in [3.8, 4) is 0 Å². The van der Waals surface area contributed by atoms with Gasteiger partial charge in [0.15, 0.2) is 5.78 Å². The van der Waals surface area contributed by atoms with E-state index in [1.165, 1.54) is 18.7 Å². The smallest absolute Gasteiger partial charge is 0.178 e. The zero-order chi connectivity index (χ0) is 11.3. The second kappa shape index (κ2) is 5.92. The van der Waals surface area contributed by atoms with Gasteiger partial charge >= 0.3 is 0 Å². The number of halogens is 1. The molecular weight excluding hydrogens is 278 g/mol. The molecule has 0 amide bonds. The van der Waals surface area contributed by atoms with E-state index in [2.05, 4.69) is 21.1 Å². The molecule has 1 N–H and O–H groups in total. The average Bonchev–Trinajstić information content (AvgIpc) is 2.21. The molecule has 0 aliphatic rings. The molecule has 0 unspecified atom stereocenters. The first-order valence-electron chi connectivity index (χ1n) is 4.23. The first-order chi connectivity index (χ1) is 7.13. The molecule has 0 saturated heterocycles. The van der Waals surface area contributed by atoms with E-state index in [0.29, 0.717) is 5.75 Å². The van der Waals surface area contributed by atoms with E-state index in [1.807, 2.05) is 24.3 Å². The van der Waals surface area contributed by atoms with Crippen LogP contribution < -0.4 is 0 Å². The van der Waals surface area contributed by atoms with E-state index in [0.717, 1.165) is 9.37 Å². The van der Waals surface area contributed by atoms with Crippen molar-refractivity contribution in [1.29, 1.82) is 0 Å². The molecule has 0 heterocycles. The number of hydrogen-bond acceptors (Lipinski definition) is 4. The Morgan fingerprint density at radius 1 is 1.47 bits per heavy atom. The van der Waals surface area contributed by atoms with Crippen LogP contribution in [0.4, 0.5) is 0 Å². The topological polar surface area (TPSA) is 49.7 Å². The SMILES string of the molecule is CC(=O)/C(CSc1ccc(Br)cc1)=N\O. The summed E-state index contributed by atoms with van der Waals surface area (Å²) in [4.78, 5) is 12.0. The fourth-order valence-corrected chi connectivity index (χ4v) is 2.04. The number of rotatable bonds is 4. The highest BCUT2D eigenvalue weighted by Gasteiger charge is 2.06. The number of nitrogens with zero attached hydrogens (tertiary/aromatic N) is 1. The maximum Gasteiger partial charge on any atom is 0.178 e. The van der Waals surface area contributed by atoms with E-state index < -0.39 is 0 Å². The van der Waals surface area contributed by atoms with Gasteiger partial charge in [-0.2, -0.15) is 0 Å². The van der Waals surface area contributed by atoms with Gasteiger partial charge in [-0.05, 0) is 24.3 Å². The molecular formula is C10H10BrNO2S. The van der Waals surface area contributed by atoms with Crippen LogP contribution in [0.25, 0.3) is 0 Å². The van der Waals surface area contributed by atoms with Crippen LogP contribution in [0.5, 0.6) is 0 Å². The lowest BCUT2D eigenvalue weighted by Gasteiger charge is -2.01. The van der Waals surface area contributed by atoms with Crippen LogP contribution in [0.1, 0.15) is 6.92 Å². The Morgan fingerprint density at radius 2 is 2.07 bits per heavy atom. The largest absolute Gasteiger partial charge is 0.411 e. The number of carbonyl (C=O) groups is 1. The molecule has 0 spiro atoms. The normalized spacial score (nSPS) is 11.5. The third-order valence-corrected chi connectivity index (χ3v) is 3.27. The molecule has 80 valence electrons. The predicted octanol–water partition coefficient (Wildman–Crippen LogP) is 2.96. The molecule has 0 bridgehead atoms. The summed E-state index contributed by atoms with van der Waals surface area (Å²) in [6, 6.07) is 7.71. The summed E-state index contributed by atoms with van der Waals surface area (Å²) < 4.78 is 1.01. The van der Waals surface area contributed by atoms with E-state index in [9.17, 15) is 4.79 Å². The first-order valence-corrected chi connectivity index (χ1v) is 6.01. The van der Waals surface area contributed by atoms with Crippen LogP contribution in [-0.2, 0) is 4.79 Å². The van der Waals surface area contributed by atoms with Gasteiger partial charge in [-0.15, -0.1) is 11.8 Å². The predicted molar refractivity (Wildman–Crippen MR) is 64.8 cm³/mol. The van der Waals surface area contributed by atoms with E-state index in [4.69, 9.17) is 5.21 Å². The standard InChI is InChI=1S/C10H10BrNO2S/c1-7(13)10(12-14)6-15-9-4-2-8(11)3-5-9/h2-5,14H,6H2,1H3/b12-10-. The Kier molecular flexibility index (Phi) is 4.84. The lowest BCUT2D eigenvalue weighted by molar-refractivity contribution is -0.111. The number of Topliss-reactive ketones (excluding diaryl/α,β-unsaturated/α-hetero) is 1. The zero-order valence-electron chi connectivity index (χ0n) is 8.11. The highest BCUT2D eigenvalue weighted by molar-refractivity contribution is 9.10. The lowest BCUT2D eigenvalue weighted by atomic mass is 10.3. The van der Waals surface area contributed by atoms with E-state index >= 15 is 0 Å². The molecule has 1 aromatic rings. The number of thioether (sulfide) groups is 1. The number of hydrogen-bond donors (Lipinski definition) is 1. The highest BCUT2D eigenvalue weighted by Crippen LogP contribution is 2.20. The van der Waals surface area contributed by atoms with Crippen LogP contribution in [-0.4, -0.2) is 22.5 Å². The molecule has 0 radical (unpaired) electrons. The Labute approximate surface area is 101 Å². The Hall–Kier alpha value is -0.810. The van der Waals surface area contributed by atoms with Crippen molar-refractivity contribution in [2.24, 2.45) is 5.16 Å². The van der Waals surface area contributed by atoms with Crippen molar-refractivity contribution in [2.75, 3.05) is 5.75 Å². The third kappa shape index (κ3) is 4.05. The van der Waals surface area contributed by atoms with Gasteiger partial charge in [0.05, 0.1) is 0 Å². The number of carbonyl (C=O) groups excluding carboxylic acids is 1. The second-order valence-corrected chi connectivity index (χ2v) is 4.81. The number of benzene rings is 1. The summed E-state index contributed by atoms with van der Waals surface area (Å²) >= 11 is 4.79. The number of ketones is 1. The third-order valence-electron chi connectivity index (χ3n) is 1.72. The fourth-order valence-electron chi connectivity index (χ4n) is 0.883. The highest BCUT2D eigenvalue weighted by atomic mass is 79.9. The molecule has 1 aromatic carbocycles.